The summed E-state index contributed by atoms with van der Waals surface area (Å²) in [5.74, 6) is -1.75. The average molecular weight is 185 g/mol. The maximum Gasteiger partial charge on any atom is 0.407 e. The molecule has 0 unspecified atom stereocenters. The largest absolute Gasteiger partial charge is 0.407 e. The summed E-state index contributed by atoms with van der Waals surface area (Å²) >= 11 is 0. The third kappa shape index (κ3) is 8.35. The summed E-state index contributed by atoms with van der Waals surface area (Å²) in [6.07, 6.45) is -4.61. The third-order valence-electron chi connectivity index (χ3n) is 0.347. The van der Waals surface area contributed by atoms with Crippen LogP contribution in [-0.2, 0) is 0 Å². The molecular weight excluding hydrogens is 181 g/mol. The summed E-state index contributed by atoms with van der Waals surface area (Å²) < 4.78 is 49.6. The lowest BCUT2D eigenvalue weighted by Crippen LogP contribution is -2.16. The van der Waals surface area contributed by atoms with Crippen LogP contribution in [0.5, 0.6) is 0 Å². The van der Waals surface area contributed by atoms with Gasteiger partial charge in [0, 0.05) is 10.7 Å². The molecule has 7 heteroatoms. The zero-order valence-electron chi connectivity index (χ0n) is 4.02. The second-order valence-electron chi connectivity index (χ2n) is 1.35. The molecule has 0 aromatic carbocycles. The van der Waals surface area contributed by atoms with Crippen molar-refractivity contribution in [2.45, 2.75) is 6.18 Å². The molecule has 0 saturated heterocycles. The van der Waals surface area contributed by atoms with E-state index in [1.807, 2.05) is 0 Å². The molecule has 0 aliphatic heterocycles. The number of rotatable bonds is 1. The highest BCUT2D eigenvalue weighted by molar-refractivity contribution is 8.43. The molecule has 0 spiro atoms. The van der Waals surface area contributed by atoms with Crippen molar-refractivity contribution in [1.82, 2.24) is 0 Å². The van der Waals surface area contributed by atoms with Crippen LogP contribution in [0.1, 0.15) is 0 Å². The fraction of sp³-hybridized carbons (Fsp3) is 1.00. The quantitative estimate of drug-likeness (QED) is 0.657. The third-order valence-corrected chi connectivity index (χ3v) is 1.37. The lowest BCUT2D eigenvalue weighted by molar-refractivity contribution is -0.107. The highest BCUT2D eigenvalue weighted by Gasteiger charge is 2.34. The van der Waals surface area contributed by atoms with Crippen molar-refractivity contribution in [3.8, 4) is 0 Å². The Kier molecular flexibility index (Phi) is 2.63. The van der Waals surface area contributed by atoms with Gasteiger partial charge in [0.1, 0.15) is 5.75 Å². The molecule has 0 fully saturated rings. The van der Waals surface area contributed by atoms with Crippen LogP contribution in [0, 0.1) is 0 Å². The van der Waals surface area contributed by atoms with Crippen LogP contribution >= 0.6 is 20.5 Å². The van der Waals surface area contributed by atoms with Crippen molar-refractivity contribution in [3.63, 3.8) is 0 Å². The molecule has 2 nitrogen and oxygen atoms in total. The maximum atomic E-state index is 11.2. The molecule has 2 N–H and O–H groups in total. The summed E-state index contributed by atoms with van der Waals surface area (Å²) in [6, 6.07) is 0. The lowest BCUT2D eigenvalue weighted by atomic mass is 10.8. The fourth-order valence-electron chi connectivity index (χ4n) is 0.208. The van der Waals surface area contributed by atoms with Crippen molar-refractivity contribution in [2.75, 3.05) is 5.75 Å². The smallest absolute Gasteiger partial charge is 0.285 e. The first-order valence-electron chi connectivity index (χ1n) is 1.73. The van der Waals surface area contributed by atoms with E-state index in [9.17, 15) is 13.2 Å². The van der Waals surface area contributed by atoms with Gasteiger partial charge >= 0.3 is 6.18 Å². The standard InChI is InChI=1S/C2H4ClF3O2S/c3-9(7,8)1-2(4,5)6/h7-8H,1H2. The summed E-state index contributed by atoms with van der Waals surface area (Å²) in [6.45, 7) is 0. The highest BCUT2D eigenvalue weighted by Crippen LogP contribution is 2.48. The van der Waals surface area contributed by atoms with Crippen molar-refractivity contribution in [3.05, 3.63) is 0 Å². The van der Waals surface area contributed by atoms with Crippen LogP contribution in [0.4, 0.5) is 13.2 Å². The number of alkyl halides is 3. The molecule has 0 amide bonds. The van der Waals surface area contributed by atoms with E-state index >= 15 is 0 Å². The van der Waals surface area contributed by atoms with E-state index < -0.39 is 21.7 Å². The van der Waals surface area contributed by atoms with Crippen LogP contribution in [0.3, 0.4) is 0 Å². The highest BCUT2D eigenvalue weighted by atomic mass is 35.7. The molecule has 0 aromatic heterocycles. The first-order chi connectivity index (χ1) is 3.71. The molecule has 58 valence electrons. The van der Waals surface area contributed by atoms with E-state index in [-0.39, 0.29) is 0 Å². The predicted molar refractivity (Wildman–Crippen MR) is 29.6 cm³/mol. The second kappa shape index (κ2) is 2.53. The monoisotopic (exact) mass is 184 g/mol. The summed E-state index contributed by atoms with van der Waals surface area (Å²) in [7, 11) is 0.558. The first kappa shape index (κ1) is 9.35. The second-order valence-corrected chi connectivity index (χ2v) is 4.29. The molecule has 0 rings (SSSR count). The van der Waals surface area contributed by atoms with Crippen molar-refractivity contribution in [1.29, 1.82) is 0 Å². The van der Waals surface area contributed by atoms with E-state index in [0.717, 1.165) is 0 Å². The SMILES string of the molecule is OS(O)(Cl)CC(F)(F)F. The van der Waals surface area contributed by atoms with Crippen molar-refractivity contribution >= 4 is 20.5 Å². The zero-order chi connectivity index (χ0) is 7.71. The number of hydrogen-bond acceptors (Lipinski definition) is 2. The minimum atomic E-state index is -4.61. The minimum Gasteiger partial charge on any atom is -0.285 e. The minimum absolute atomic E-state index is 1.75. The average Bonchev–Trinajstić information content (AvgIpc) is 1.14. The van der Waals surface area contributed by atoms with Crippen molar-refractivity contribution in [2.24, 2.45) is 0 Å². The van der Waals surface area contributed by atoms with E-state index in [1.54, 1.807) is 0 Å². The Hall–Kier alpha value is 0.350. The molecule has 0 radical (unpaired) electrons. The van der Waals surface area contributed by atoms with Gasteiger partial charge < -0.3 is 0 Å². The molecule has 0 saturated carbocycles. The van der Waals surface area contributed by atoms with E-state index in [4.69, 9.17) is 9.11 Å². The Morgan fingerprint density at radius 2 is 1.67 bits per heavy atom. The predicted octanol–water partition coefficient (Wildman–Crippen LogP) is 2.45. The molecular formula is C2H4ClF3O2S. The lowest BCUT2D eigenvalue weighted by Gasteiger charge is -2.23. The molecule has 0 bridgehead atoms. The Morgan fingerprint density at radius 1 is 1.33 bits per heavy atom. The van der Waals surface area contributed by atoms with Crippen LogP contribution in [-0.4, -0.2) is 21.0 Å². The number of halogens is 4. The van der Waals surface area contributed by atoms with Gasteiger partial charge in [0.15, 0.2) is 0 Å². The summed E-state index contributed by atoms with van der Waals surface area (Å²) in [5, 5.41) is 0. The molecule has 0 atom stereocenters. The van der Waals surface area contributed by atoms with Gasteiger partial charge in [-0.3, -0.25) is 9.11 Å². The Balaban J connectivity index is 3.75. The molecule has 0 aliphatic rings. The maximum absolute atomic E-state index is 11.2. The van der Waals surface area contributed by atoms with Gasteiger partial charge in [0.2, 0.25) is 0 Å². The van der Waals surface area contributed by atoms with Gasteiger partial charge in [-0.05, 0) is 0 Å². The summed E-state index contributed by atoms with van der Waals surface area (Å²) in [5.41, 5.74) is 0. The van der Waals surface area contributed by atoms with E-state index in [2.05, 4.69) is 10.7 Å². The van der Waals surface area contributed by atoms with Gasteiger partial charge in [-0.1, -0.05) is 0 Å². The first-order valence-corrected chi connectivity index (χ1v) is 4.27. The van der Waals surface area contributed by atoms with Gasteiger partial charge in [0.05, 0.1) is 0 Å². The van der Waals surface area contributed by atoms with Gasteiger partial charge in [0.25, 0.3) is 0 Å². The summed E-state index contributed by atoms with van der Waals surface area (Å²) in [4.78, 5) is 0. The van der Waals surface area contributed by atoms with Crippen LogP contribution < -0.4 is 0 Å². The van der Waals surface area contributed by atoms with E-state index in [0.29, 0.717) is 0 Å². The van der Waals surface area contributed by atoms with Gasteiger partial charge in [-0.2, -0.15) is 13.2 Å². The molecule has 9 heavy (non-hydrogen) atoms. The Bertz CT molecular complexity index is 85.0. The number of hydrogen-bond donors (Lipinski definition) is 2. The Morgan fingerprint density at radius 3 is 1.67 bits per heavy atom. The van der Waals surface area contributed by atoms with Gasteiger partial charge in [-0.25, -0.2) is 0 Å². The molecule has 0 aromatic rings. The molecule has 0 aliphatic carbocycles. The zero-order valence-corrected chi connectivity index (χ0v) is 5.59. The molecule has 0 heterocycles. The van der Waals surface area contributed by atoms with Crippen LogP contribution in [0.2, 0.25) is 0 Å². The van der Waals surface area contributed by atoms with Crippen molar-refractivity contribution < 1.29 is 22.3 Å². The topological polar surface area (TPSA) is 40.5 Å². The normalized spacial score (nSPS) is 15.8. The fourth-order valence-corrected chi connectivity index (χ4v) is 0.996. The Labute approximate surface area is 55.5 Å². The van der Waals surface area contributed by atoms with E-state index in [1.165, 1.54) is 0 Å². The van der Waals surface area contributed by atoms with Crippen LogP contribution in [0.25, 0.3) is 0 Å². The van der Waals surface area contributed by atoms with Crippen LogP contribution in [0.15, 0.2) is 0 Å². The van der Waals surface area contributed by atoms with Gasteiger partial charge in [-0.15, -0.1) is 9.80 Å².